The second kappa shape index (κ2) is 10.6. The Morgan fingerprint density at radius 1 is 1.12 bits per heavy atom. The molecule has 0 bridgehead atoms. The van der Waals surface area contributed by atoms with Gasteiger partial charge >= 0.3 is 5.97 Å². The van der Waals surface area contributed by atoms with E-state index < -0.39 is 6.04 Å². The number of allylic oxidation sites excluding steroid dienone is 1. The molecule has 2 N–H and O–H groups in total. The molecule has 174 valence electrons. The topological polar surface area (TPSA) is 70.7 Å². The van der Waals surface area contributed by atoms with Crippen LogP contribution in [0.15, 0.2) is 59.8 Å². The van der Waals surface area contributed by atoms with Crippen LogP contribution < -0.4 is 10.6 Å². The minimum Gasteiger partial charge on any atom is -0.462 e. The lowest BCUT2D eigenvalue weighted by Crippen LogP contribution is -2.46. The summed E-state index contributed by atoms with van der Waals surface area (Å²) >= 11 is 5.45. The Kier molecular flexibility index (Phi) is 7.87. The number of aryl methyl sites for hydroxylation is 1. The predicted octanol–water partition coefficient (Wildman–Crippen LogP) is 4.84. The van der Waals surface area contributed by atoms with E-state index in [4.69, 9.17) is 17.0 Å². The van der Waals surface area contributed by atoms with Crippen molar-refractivity contribution < 1.29 is 14.3 Å². The lowest BCUT2D eigenvalue weighted by atomic mass is 9.95. The summed E-state index contributed by atoms with van der Waals surface area (Å²) in [6, 6.07) is 14.5. The van der Waals surface area contributed by atoms with Crippen molar-refractivity contribution in [3.8, 4) is 0 Å². The van der Waals surface area contributed by atoms with Crippen molar-refractivity contribution >= 4 is 34.9 Å². The van der Waals surface area contributed by atoms with Crippen LogP contribution >= 0.6 is 12.2 Å². The zero-order chi connectivity index (χ0) is 24.1. The predicted molar refractivity (Wildman–Crippen MR) is 135 cm³/mol. The van der Waals surface area contributed by atoms with Crippen LogP contribution in [0.5, 0.6) is 0 Å². The summed E-state index contributed by atoms with van der Waals surface area (Å²) in [5.74, 6) is -0.289. The quantitative estimate of drug-likeness (QED) is 0.451. The molecule has 7 heteroatoms. The van der Waals surface area contributed by atoms with Gasteiger partial charge in [0.2, 0.25) is 0 Å². The number of hydrogen-bond acceptors (Lipinski definition) is 4. The number of carbonyl (C=O) groups is 2. The van der Waals surface area contributed by atoms with Crippen LogP contribution in [0.25, 0.3) is 0 Å². The van der Waals surface area contributed by atoms with E-state index in [1.165, 1.54) is 5.56 Å². The number of esters is 1. The molecule has 0 fully saturated rings. The zero-order valence-electron chi connectivity index (χ0n) is 19.8. The van der Waals surface area contributed by atoms with Crippen LogP contribution in [0.1, 0.15) is 55.2 Å². The van der Waals surface area contributed by atoms with Crippen molar-refractivity contribution in [3.05, 3.63) is 76.5 Å². The third kappa shape index (κ3) is 5.79. The van der Waals surface area contributed by atoms with Crippen LogP contribution in [-0.4, -0.2) is 35.5 Å². The molecule has 2 aromatic rings. The summed E-state index contributed by atoms with van der Waals surface area (Å²) in [5.41, 5.74) is 4.60. The van der Waals surface area contributed by atoms with E-state index >= 15 is 0 Å². The maximum absolute atomic E-state index is 12.9. The summed E-state index contributed by atoms with van der Waals surface area (Å²) in [5, 5.41) is 6.69. The molecule has 6 nitrogen and oxygen atoms in total. The zero-order valence-corrected chi connectivity index (χ0v) is 20.6. The van der Waals surface area contributed by atoms with Crippen LogP contribution in [-0.2, 0) is 16.0 Å². The third-order valence-corrected chi connectivity index (χ3v) is 6.04. The first-order valence-electron chi connectivity index (χ1n) is 11.1. The average molecular weight is 466 g/mol. The van der Waals surface area contributed by atoms with Crippen LogP contribution in [0, 0.1) is 5.92 Å². The molecule has 0 spiro atoms. The van der Waals surface area contributed by atoms with Crippen molar-refractivity contribution in [2.24, 2.45) is 5.92 Å². The molecule has 1 heterocycles. The van der Waals surface area contributed by atoms with Gasteiger partial charge in [-0.25, -0.2) is 4.79 Å². The lowest BCUT2D eigenvalue weighted by molar-refractivity contribution is -0.140. The Morgan fingerprint density at radius 2 is 1.76 bits per heavy atom. The summed E-state index contributed by atoms with van der Waals surface area (Å²) in [7, 11) is 1.82. The van der Waals surface area contributed by atoms with Gasteiger partial charge in [-0.1, -0.05) is 45.0 Å². The second-order valence-corrected chi connectivity index (χ2v) is 8.95. The molecule has 1 unspecified atom stereocenters. The highest BCUT2D eigenvalue weighted by Gasteiger charge is 2.33. The van der Waals surface area contributed by atoms with Gasteiger partial charge in [0, 0.05) is 24.0 Å². The number of carbonyl (C=O) groups excluding carboxylic acids is 2. The molecule has 0 aliphatic carbocycles. The van der Waals surface area contributed by atoms with Crippen LogP contribution in [0.3, 0.4) is 0 Å². The van der Waals surface area contributed by atoms with E-state index in [1.807, 2.05) is 76.3 Å². The number of nitrogens with zero attached hydrogens (tertiary/aromatic N) is 1. The Hall–Kier alpha value is -3.19. The molecule has 1 aliphatic rings. The van der Waals surface area contributed by atoms with E-state index in [1.54, 1.807) is 4.90 Å². The van der Waals surface area contributed by atoms with Gasteiger partial charge in [-0.3, -0.25) is 4.79 Å². The monoisotopic (exact) mass is 465 g/mol. The number of nitrogens with one attached hydrogen (secondary N) is 2. The van der Waals surface area contributed by atoms with Crippen molar-refractivity contribution in [1.82, 2.24) is 10.2 Å². The highest BCUT2D eigenvalue weighted by atomic mass is 32.1. The van der Waals surface area contributed by atoms with Crippen molar-refractivity contribution in [3.63, 3.8) is 0 Å². The molecule has 2 aromatic carbocycles. The first-order valence-corrected chi connectivity index (χ1v) is 11.5. The molecular weight excluding hydrogens is 434 g/mol. The van der Waals surface area contributed by atoms with E-state index in [2.05, 4.69) is 17.6 Å². The van der Waals surface area contributed by atoms with Crippen LogP contribution in [0.4, 0.5) is 5.69 Å². The number of benzene rings is 2. The van der Waals surface area contributed by atoms with Gasteiger partial charge < -0.3 is 20.3 Å². The number of amides is 1. The SMILES string of the molecule is CCc1ccc(C(=O)Nc2ccc(C3NC(=S)N(C)C(C)=C3C(=O)OCC(C)C)cc2)cc1. The van der Waals surface area contributed by atoms with Gasteiger partial charge in [0.05, 0.1) is 18.2 Å². The van der Waals surface area contributed by atoms with Crippen molar-refractivity contribution in [2.45, 2.75) is 40.2 Å². The number of anilines is 1. The van der Waals surface area contributed by atoms with E-state index in [9.17, 15) is 9.59 Å². The molecule has 0 saturated heterocycles. The van der Waals surface area contributed by atoms with E-state index in [-0.39, 0.29) is 17.8 Å². The van der Waals surface area contributed by atoms with Gasteiger partial charge in [-0.2, -0.15) is 0 Å². The normalized spacial score (nSPS) is 16.0. The molecule has 0 radical (unpaired) electrons. The van der Waals surface area contributed by atoms with E-state index in [0.717, 1.165) is 17.7 Å². The summed E-state index contributed by atoms with van der Waals surface area (Å²) in [4.78, 5) is 27.3. The third-order valence-electron chi connectivity index (χ3n) is 5.65. The molecule has 1 amide bonds. The lowest BCUT2D eigenvalue weighted by Gasteiger charge is -2.35. The highest BCUT2D eigenvalue weighted by molar-refractivity contribution is 7.80. The van der Waals surface area contributed by atoms with Gasteiger partial charge in [0.25, 0.3) is 5.91 Å². The van der Waals surface area contributed by atoms with Gasteiger partial charge in [0.15, 0.2) is 5.11 Å². The minimum atomic E-state index is -0.431. The number of ether oxygens (including phenoxy) is 1. The Labute approximate surface area is 201 Å². The summed E-state index contributed by atoms with van der Waals surface area (Å²) < 4.78 is 5.53. The molecule has 0 aromatic heterocycles. The van der Waals surface area contributed by atoms with E-state index in [0.29, 0.717) is 28.5 Å². The standard InChI is InChI=1S/C26H31N3O3S/c1-6-18-7-9-20(10-8-18)24(30)27-21-13-11-19(12-14-21)23-22(25(31)32-15-16(2)3)17(4)29(5)26(33)28-23/h7-14,16,23H,6,15H2,1-5H3,(H,27,30)(H,28,33). The molecule has 0 saturated carbocycles. The molecule has 33 heavy (non-hydrogen) atoms. The fraction of sp³-hybridized carbons (Fsp3) is 0.346. The van der Waals surface area contributed by atoms with Gasteiger partial charge in [0.1, 0.15) is 0 Å². The van der Waals surface area contributed by atoms with Crippen LogP contribution in [0.2, 0.25) is 0 Å². The highest BCUT2D eigenvalue weighted by Crippen LogP contribution is 2.31. The maximum atomic E-state index is 12.9. The molecule has 1 aliphatic heterocycles. The number of hydrogen-bond donors (Lipinski definition) is 2. The molecular formula is C26H31N3O3S. The van der Waals surface area contributed by atoms with Crippen molar-refractivity contribution in [2.75, 3.05) is 19.0 Å². The molecule has 1 atom stereocenters. The Balaban J connectivity index is 1.80. The fourth-order valence-corrected chi connectivity index (χ4v) is 3.78. The smallest absolute Gasteiger partial charge is 0.338 e. The largest absolute Gasteiger partial charge is 0.462 e. The van der Waals surface area contributed by atoms with Gasteiger partial charge in [-0.15, -0.1) is 0 Å². The van der Waals surface area contributed by atoms with Crippen molar-refractivity contribution in [1.29, 1.82) is 0 Å². The number of rotatable bonds is 7. The summed E-state index contributed by atoms with van der Waals surface area (Å²) in [6.45, 7) is 8.29. The maximum Gasteiger partial charge on any atom is 0.338 e. The Bertz CT molecular complexity index is 1060. The average Bonchev–Trinajstić information content (AvgIpc) is 2.81. The number of thiocarbonyl (C=S) groups is 1. The molecule has 3 rings (SSSR count). The van der Waals surface area contributed by atoms with Gasteiger partial charge in [-0.05, 0) is 66.9 Å². The minimum absolute atomic E-state index is 0.169. The first-order chi connectivity index (χ1) is 15.7. The fourth-order valence-electron chi connectivity index (χ4n) is 3.52. The first kappa shape index (κ1) is 24.5. The second-order valence-electron chi connectivity index (χ2n) is 8.56. The summed E-state index contributed by atoms with van der Waals surface area (Å²) in [6.07, 6.45) is 0.929. The Morgan fingerprint density at radius 3 is 2.33 bits per heavy atom.